The van der Waals surface area contributed by atoms with E-state index in [1.165, 1.54) is 12.8 Å². The van der Waals surface area contributed by atoms with Crippen LogP contribution in [0.25, 0.3) is 0 Å². The van der Waals surface area contributed by atoms with Crippen LogP contribution in [-0.4, -0.2) is 33.9 Å². The first-order chi connectivity index (χ1) is 10.6. The molecule has 4 N–H and O–H groups in total. The molecular formula is C14H21ClN4O3S. The van der Waals surface area contributed by atoms with Gasteiger partial charge in [0, 0.05) is 0 Å². The summed E-state index contributed by atoms with van der Waals surface area (Å²) in [5.41, 5.74) is 6.71. The molecule has 1 saturated heterocycles. The highest BCUT2D eigenvalue weighted by Crippen LogP contribution is 2.30. The summed E-state index contributed by atoms with van der Waals surface area (Å²) >= 11 is 0. The topological polar surface area (TPSA) is 106 Å². The van der Waals surface area contributed by atoms with Gasteiger partial charge in [-0.3, -0.25) is 4.72 Å². The average molecular weight is 361 g/mol. The molecule has 1 fully saturated rings. The Morgan fingerprint density at radius 1 is 1.30 bits per heavy atom. The van der Waals surface area contributed by atoms with Gasteiger partial charge in [-0.15, -0.1) is 16.8 Å². The lowest BCUT2D eigenvalue weighted by Crippen LogP contribution is -2.29. The predicted molar refractivity (Wildman–Crippen MR) is 92.7 cm³/mol. The van der Waals surface area contributed by atoms with Crippen molar-refractivity contribution in [1.29, 1.82) is 0 Å². The fourth-order valence-electron chi connectivity index (χ4n) is 2.84. The van der Waals surface area contributed by atoms with Crippen LogP contribution in [0.4, 0.5) is 5.69 Å². The summed E-state index contributed by atoms with van der Waals surface area (Å²) in [5, 5.41) is 3.34. The summed E-state index contributed by atoms with van der Waals surface area (Å²) in [5.74, 6) is 1.20. The molecule has 7 nitrogen and oxygen atoms in total. The van der Waals surface area contributed by atoms with Crippen LogP contribution in [0.15, 0.2) is 22.6 Å². The maximum atomic E-state index is 11.5. The van der Waals surface area contributed by atoms with E-state index in [2.05, 4.69) is 14.4 Å². The second-order valence-corrected chi connectivity index (χ2v) is 6.90. The molecule has 23 heavy (non-hydrogen) atoms. The van der Waals surface area contributed by atoms with E-state index in [4.69, 9.17) is 10.5 Å². The van der Waals surface area contributed by atoms with E-state index in [0.29, 0.717) is 29.5 Å². The number of ether oxygens (including phenoxy) is 1. The Morgan fingerprint density at radius 3 is 2.78 bits per heavy atom. The molecule has 0 saturated carbocycles. The lowest BCUT2D eigenvalue weighted by atomic mass is 9.95. The van der Waals surface area contributed by atoms with Gasteiger partial charge in [-0.25, -0.2) is 0 Å². The Morgan fingerprint density at radius 2 is 2.04 bits per heavy atom. The number of hydrogen-bond donors (Lipinski definition) is 3. The van der Waals surface area contributed by atoms with Gasteiger partial charge in [-0.2, -0.15) is 8.42 Å². The average Bonchev–Trinajstić information content (AvgIpc) is 2.46. The van der Waals surface area contributed by atoms with Gasteiger partial charge >= 0.3 is 10.2 Å². The van der Waals surface area contributed by atoms with Crippen molar-refractivity contribution in [2.24, 2.45) is 16.0 Å². The van der Waals surface area contributed by atoms with Gasteiger partial charge in [0.2, 0.25) is 0 Å². The van der Waals surface area contributed by atoms with Crippen molar-refractivity contribution in [2.45, 2.75) is 19.3 Å². The number of hydrogen-bond acceptors (Lipinski definition) is 5. The van der Waals surface area contributed by atoms with Gasteiger partial charge in [0.1, 0.15) is 5.75 Å². The predicted octanol–water partition coefficient (Wildman–Crippen LogP) is 1.25. The van der Waals surface area contributed by atoms with Crippen LogP contribution >= 0.6 is 12.4 Å². The molecule has 0 aliphatic carbocycles. The highest BCUT2D eigenvalue weighted by atomic mass is 35.5. The summed E-state index contributed by atoms with van der Waals surface area (Å²) in [6.45, 7) is 2.71. The van der Waals surface area contributed by atoms with Crippen LogP contribution in [0.3, 0.4) is 0 Å². The Labute approximate surface area is 142 Å². The summed E-state index contributed by atoms with van der Waals surface area (Å²) < 4.78 is 34.7. The molecule has 2 aliphatic rings. The molecular weight excluding hydrogens is 340 g/mol. The Kier molecular flexibility index (Phi) is 5.72. The zero-order valence-electron chi connectivity index (χ0n) is 12.6. The number of benzene rings is 1. The molecule has 0 amide bonds. The van der Waals surface area contributed by atoms with E-state index in [-0.39, 0.29) is 18.2 Å². The maximum Gasteiger partial charge on any atom is 0.344 e. The molecule has 0 radical (unpaired) electrons. The van der Waals surface area contributed by atoms with Gasteiger partial charge in [-0.05, 0) is 50.4 Å². The minimum Gasteiger partial charge on any atom is -0.493 e. The number of anilines is 1. The maximum absolute atomic E-state index is 11.5. The first-order valence-corrected chi connectivity index (χ1v) is 8.84. The van der Waals surface area contributed by atoms with Crippen molar-refractivity contribution in [3.8, 4) is 5.75 Å². The van der Waals surface area contributed by atoms with E-state index < -0.39 is 10.2 Å². The number of piperidine rings is 1. The van der Waals surface area contributed by atoms with Crippen LogP contribution in [0.2, 0.25) is 0 Å². The number of nitrogens with one attached hydrogen (secondary N) is 2. The Bertz CT molecular complexity index is 687. The molecule has 2 heterocycles. The first-order valence-electron chi connectivity index (χ1n) is 7.40. The zero-order valence-corrected chi connectivity index (χ0v) is 14.3. The highest BCUT2D eigenvalue weighted by Gasteiger charge is 2.24. The van der Waals surface area contributed by atoms with Crippen LogP contribution in [0.5, 0.6) is 5.75 Å². The van der Waals surface area contributed by atoms with Crippen LogP contribution in [0, 0.1) is 5.92 Å². The number of fused-ring (bicyclic) bond motifs is 1. The molecule has 0 unspecified atom stereocenters. The lowest BCUT2D eigenvalue weighted by molar-refractivity contribution is 0.251. The van der Waals surface area contributed by atoms with Crippen LogP contribution < -0.4 is 20.5 Å². The normalized spacial score (nSPS) is 19.7. The third kappa shape index (κ3) is 4.27. The second-order valence-electron chi connectivity index (χ2n) is 5.56. The van der Waals surface area contributed by atoms with Crippen molar-refractivity contribution >= 4 is 34.1 Å². The number of nitrogens with two attached hydrogens (primary N) is 1. The van der Waals surface area contributed by atoms with Crippen molar-refractivity contribution < 1.29 is 13.2 Å². The molecule has 0 bridgehead atoms. The molecule has 3 rings (SSSR count). The first kappa shape index (κ1) is 17.8. The van der Waals surface area contributed by atoms with E-state index in [1.807, 2.05) is 0 Å². The van der Waals surface area contributed by atoms with Crippen molar-refractivity contribution in [1.82, 2.24) is 5.32 Å². The monoisotopic (exact) mass is 360 g/mol. The summed E-state index contributed by atoms with van der Waals surface area (Å²) in [6, 6.07) is 5.16. The van der Waals surface area contributed by atoms with Gasteiger partial charge < -0.3 is 15.8 Å². The number of halogens is 1. The van der Waals surface area contributed by atoms with Gasteiger partial charge in [0.25, 0.3) is 0 Å². The van der Waals surface area contributed by atoms with Crippen LogP contribution in [0.1, 0.15) is 24.8 Å². The molecule has 128 valence electrons. The minimum atomic E-state index is -3.75. The number of nitrogens with zero attached hydrogens (tertiary/aromatic N) is 1. The van der Waals surface area contributed by atoms with E-state index >= 15 is 0 Å². The third-order valence-corrected chi connectivity index (χ3v) is 4.90. The molecule has 0 atom stereocenters. The van der Waals surface area contributed by atoms with Gasteiger partial charge in [0.05, 0.1) is 17.9 Å². The van der Waals surface area contributed by atoms with E-state index in [1.54, 1.807) is 18.2 Å². The highest BCUT2D eigenvalue weighted by molar-refractivity contribution is 7.91. The molecule has 0 spiro atoms. The van der Waals surface area contributed by atoms with E-state index in [9.17, 15) is 8.42 Å². The summed E-state index contributed by atoms with van der Waals surface area (Å²) in [7, 11) is -3.75. The number of amidine groups is 1. The summed E-state index contributed by atoms with van der Waals surface area (Å²) in [4.78, 5) is 0. The quantitative estimate of drug-likeness (QED) is 0.749. The SMILES string of the molecule is Cl.NC1=NS(=O)(=O)Nc2cccc(OCCC3CCNCC3)c21. The molecule has 9 heteroatoms. The standard InChI is InChI=1S/C14H20N4O3S.ClH/c15-14-13-11(17-22(19,20)18-14)2-1-3-12(13)21-9-6-10-4-7-16-8-5-10;/h1-3,10,16-17H,4-9H2,(H2,15,18);1H. The van der Waals surface area contributed by atoms with Crippen LogP contribution in [-0.2, 0) is 10.2 Å². The molecule has 0 aromatic heterocycles. The number of rotatable bonds is 4. The largest absolute Gasteiger partial charge is 0.493 e. The molecule has 2 aliphatic heterocycles. The molecule has 1 aromatic rings. The van der Waals surface area contributed by atoms with Gasteiger partial charge in [-0.1, -0.05) is 6.07 Å². The van der Waals surface area contributed by atoms with Crippen molar-refractivity contribution in [3.05, 3.63) is 23.8 Å². The second kappa shape index (κ2) is 7.37. The van der Waals surface area contributed by atoms with E-state index in [0.717, 1.165) is 19.5 Å². The fourth-order valence-corrected chi connectivity index (χ4v) is 3.69. The Hall–Kier alpha value is -1.51. The van der Waals surface area contributed by atoms with Crippen molar-refractivity contribution in [3.63, 3.8) is 0 Å². The van der Waals surface area contributed by atoms with Crippen molar-refractivity contribution in [2.75, 3.05) is 24.4 Å². The summed E-state index contributed by atoms with van der Waals surface area (Å²) in [6.07, 6.45) is 3.31. The molecule has 1 aromatic carbocycles. The Balaban J connectivity index is 0.00000192. The van der Waals surface area contributed by atoms with Gasteiger partial charge in [0.15, 0.2) is 5.84 Å². The smallest absolute Gasteiger partial charge is 0.344 e. The third-order valence-electron chi connectivity index (χ3n) is 3.98. The lowest BCUT2D eigenvalue weighted by Gasteiger charge is -2.23. The zero-order chi connectivity index (χ0) is 15.6. The fraction of sp³-hybridized carbons (Fsp3) is 0.500. The minimum absolute atomic E-state index is 0.